The third kappa shape index (κ3) is 4.36. The van der Waals surface area contributed by atoms with Gasteiger partial charge in [-0.25, -0.2) is 15.0 Å². The zero-order valence-electron chi connectivity index (χ0n) is 16.3. The molecule has 4 unspecified atom stereocenters. The summed E-state index contributed by atoms with van der Waals surface area (Å²) in [5, 5.41) is 22.6. The highest BCUT2D eigenvalue weighted by atomic mass is 16.6. The van der Waals surface area contributed by atoms with Crippen LogP contribution >= 0.6 is 0 Å². The number of anilines is 1. The van der Waals surface area contributed by atoms with Gasteiger partial charge < -0.3 is 25.0 Å². The van der Waals surface area contributed by atoms with Crippen molar-refractivity contribution < 1.29 is 29.3 Å². The Labute approximate surface area is 167 Å². The minimum Gasteiger partial charge on any atom is -0.455 e. The van der Waals surface area contributed by atoms with E-state index in [1.807, 2.05) is 13.8 Å². The van der Waals surface area contributed by atoms with Crippen molar-refractivity contribution in [2.24, 2.45) is 0 Å². The second-order valence-corrected chi connectivity index (χ2v) is 6.79. The van der Waals surface area contributed by atoms with Gasteiger partial charge in [0.1, 0.15) is 18.5 Å². The van der Waals surface area contributed by atoms with E-state index in [4.69, 9.17) is 9.47 Å². The quantitative estimate of drug-likeness (QED) is 0.533. The molecular weight excluding hydrogens is 382 g/mol. The van der Waals surface area contributed by atoms with Gasteiger partial charge in [-0.3, -0.25) is 14.2 Å². The van der Waals surface area contributed by atoms with E-state index in [1.54, 1.807) is 0 Å². The highest BCUT2D eigenvalue weighted by molar-refractivity contribution is 5.96. The molecule has 29 heavy (non-hydrogen) atoms. The number of ether oxygens (including phenoxy) is 2. The molecule has 0 saturated carbocycles. The molecule has 2 aromatic rings. The molecular formula is C18H25N5O6. The number of amides is 1. The van der Waals surface area contributed by atoms with Gasteiger partial charge >= 0.3 is 5.97 Å². The Morgan fingerprint density at radius 3 is 2.69 bits per heavy atom. The van der Waals surface area contributed by atoms with Gasteiger partial charge in [-0.2, -0.15) is 0 Å². The standard InChI is InChI=1S/C18H25N5O6/c1-3-5-11(25)22-16-13-17(20-8-19-16)23(9-21-13)18-15(29-12(26)6-4-2)14(27)10(7-24)28-18/h8-10,14-15,18,24,27H,3-7H2,1-2H3,(H,19,20,22,25). The number of hydrogen-bond acceptors (Lipinski definition) is 9. The van der Waals surface area contributed by atoms with E-state index in [-0.39, 0.29) is 18.1 Å². The number of hydrogen-bond donors (Lipinski definition) is 3. The van der Waals surface area contributed by atoms with Crippen LogP contribution in [0.4, 0.5) is 5.82 Å². The van der Waals surface area contributed by atoms with E-state index in [9.17, 15) is 19.8 Å². The lowest BCUT2D eigenvalue weighted by atomic mass is 10.1. The molecule has 1 aliphatic rings. The minimum absolute atomic E-state index is 0.193. The van der Waals surface area contributed by atoms with Crippen LogP contribution in [0.3, 0.4) is 0 Å². The smallest absolute Gasteiger partial charge is 0.306 e. The molecule has 1 fully saturated rings. The fourth-order valence-corrected chi connectivity index (χ4v) is 3.19. The van der Waals surface area contributed by atoms with Crippen LogP contribution in [0.25, 0.3) is 11.2 Å². The van der Waals surface area contributed by atoms with Gasteiger partial charge in [-0.15, -0.1) is 0 Å². The molecule has 0 spiro atoms. The number of aromatic nitrogens is 4. The summed E-state index contributed by atoms with van der Waals surface area (Å²) in [6.07, 6.45) is 0.378. The number of carbonyl (C=O) groups excluding carboxylic acids is 2. The fraction of sp³-hybridized carbons (Fsp3) is 0.611. The van der Waals surface area contributed by atoms with Crippen LogP contribution in [-0.2, 0) is 19.1 Å². The van der Waals surface area contributed by atoms with Crippen LogP contribution in [-0.4, -0.2) is 66.5 Å². The summed E-state index contributed by atoms with van der Waals surface area (Å²) in [5.74, 6) is -0.416. The van der Waals surface area contributed by atoms with Gasteiger partial charge in [-0.05, 0) is 12.8 Å². The van der Waals surface area contributed by atoms with Crippen molar-refractivity contribution in [2.75, 3.05) is 11.9 Å². The number of aliphatic hydroxyl groups excluding tert-OH is 2. The molecule has 158 valence electrons. The topological polar surface area (TPSA) is 149 Å². The molecule has 3 rings (SSSR count). The first-order valence-electron chi connectivity index (χ1n) is 9.61. The summed E-state index contributed by atoms with van der Waals surface area (Å²) in [6, 6.07) is 0. The Balaban J connectivity index is 1.93. The van der Waals surface area contributed by atoms with Crippen molar-refractivity contribution in [3.8, 4) is 0 Å². The number of imidazole rings is 1. The average molecular weight is 407 g/mol. The monoisotopic (exact) mass is 407 g/mol. The number of fused-ring (bicyclic) bond motifs is 1. The van der Waals surface area contributed by atoms with Crippen molar-refractivity contribution in [3.63, 3.8) is 0 Å². The molecule has 4 atom stereocenters. The molecule has 0 radical (unpaired) electrons. The largest absolute Gasteiger partial charge is 0.455 e. The number of nitrogens with one attached hydrogen (secondary N) is 1. The summed E-state index contributed by atoms with van der Waals surface area (Å²) in [6.45, 7) is 3.29. The first-order chi connectivity index (χ1) is 14.0. The van der Waals surface area contributed by atoms with E-state index in [1.165, 1.54) is 17.2 Å². The average Bonchev–Trinajstić information content (AvgIpc) is 3.24. The SMILES string of the molecule is CCCC(=O)Nc1ncnc2c1ncn2C1OC(CO)C(O)C1OC(=O)CCC. The first kappa shape index (κ1) is 21.1. The Hall–Kier alpha value is -2.63. The van der Waals surface area contributed by atoms with E-state index in [2.05, 4.69) is 20.3 Å². The number of carbonyl (C=O) groups is 2. The number of rotatable bonds is 8. The van der Waals surface area contributed by atoms with Crippen molar-refractivity contribution in [1.29, 1.82) is 0 Å². The second-order valence-electron chi connectivity index (χ2n) is 6.79. The molecule has 3 N–H and O–H groups in total. The number of esters is 1. The van der Waals surface area contributed by atoms with Crippen LogP contribution in [0.5, 0.6) is 0 Å². The molecule has 1 saturated heterocycles. The van der Waals surface area contributed by atoms with Crippen LogP contribution in [0.2, 0.25) is 0 Å². The van der Waals surface area contributed by atoms with Crippen molar-refractivity contribution in [3.05, 3.63) is 12.7 Å². The lowest BCUT2D eigenvalue weighted by Gasteiger charge is -2.21. The van der Waals surface area contributed by atoms with Crippen LogP contribution in [0.15, 0.2) is 12.7 Å². The number of nitrogens with zero attached hydrogens (tertiary/aromatic N) is 4. The van der Waals surface area contributed by atoms with Gasteiger partial charge in [0.05, 0.1) is 12.9 Å². The first-order valence-corrected chi connectivity index (χ1v) is 9.61. The summed E-state index contributed by atoms with van der Waals surface area (Å²) in [4.78, 5) is 36.5. The summed E-state index contributed by atoms with van der Waals surface area (Å²) in [7, 11) is 0. The van der Waals surface area contributed by atoms with Gasteiger partial charge in [0.2, 0.25) is 5.91 Å². The molecule has 11 nitrogen and oxygen atoms in total. The second kappa shape index (κ2) is 9.25. The minimum atomic E-state index is -1.21. The molecule has 11 heteroatoms. The molecule has 3 heterocycles. The zero-order valence-corrected chi connectivity index (χ0v) is 16.3. The van der Waals surface area contributed by atoms with Crippen LogP contribution in [0, 0.1) is 0 Å². The van der Waals surface area contributed by atoms with E-state index in [0.717, 1.165) is 0 Å². The van der Waals surface area contributed by atoms with Gasteiger partial charge in [-0.1, -0.05) is 13.8 Å². The van der Waals surface area contributed by atoms with E-state index >= 15 is 0 Å². The molecule has 1 amide bonds. The summed E-state index contributed by atoms with van der Waals surface area (Å²) in [5.41, 5.74) is 0.667. The lowest BCUT2D eigenvalue weighted by molar-refractivity contribution is -0.158. The van der Waals surface area contributed by atoms with Gasteiger partial charge in [0.15, 0.2) is 29.3 Å². The maximum absolute atomic E-state index is 12.0. The summed E-state index contributed by atoms with van der Waals surface area (Å²) >= 11 is 0. The predicted molar refractivity (Wildman–Crippen MR) is 101 cm³/mol. The predicted octanol–water partition coefficient (Wildman–Crippen LogP) is 0.527. The molecule has 0 aromatic carbocycles. The summed E-state index contributed by atoms with van der Waals surface area (Å²) < 4.78 is 12.6. The van der Waals surface area contributed by atoms with Gasteiger partial charge in [0, 0.05) is 12.8 Å². The Morgan fingerprint density at radius 1 is 1.24 bits per heavy atom. The highest BCUT2D eigenvalue weighted by Gasteiger charge is 2.47. The van der Waals surface area contributed by atoms with E-state index in [0.29, 0.717) is 30.4 Å². The molecule has 2 aromatic heterocycles. The Morgan fingerprint density at radius 2 is 2.00 bits per heavy atom. The molecule has 0 bridgehead atoms. The third-order valence-corrected chi connectivity index (χ3v) is 4.58. The van der Waals surface area contributed by atoms with Crippen molar-refractivity contribution in [2.45, 2.75) is 64.1 Å². The van der Waals surface area contributed by atoms with Crippen molar-refractivity contribution >= 4 is 28.9 Å². The maximum Gasteiger partial charge on any atom is 0.306 e. The lowest BCUT2D eigenvalue weighted by Crippen LogP contribution is -2.37. The van der Waals surface area contributed by atoms with E-state index < -0.39 is 37.1 Å². The molecule has 1 aliphatic heterocycles. The maximum atomic E-state index is 12.0. The third-order valence-electron chi connectivity index (χ3n) is 4.58. The van der Waals surface area contributed by atoms with Crippen molar-refractivity contribution in [1.82, 2.24) is 19.5 Å². The Bertz CT molecular complexity index is 872. The zero-order chi connectivity index (χ0) is 21.0. The fourth-order valence-electron chi connectivity index (χ4n) is 3.19. The molecule has 0 aliphatic carbocycles. The number of aliphatic hydroxyl groups is 2. The van der Waals surface area contributed by atoms with Crippen LogP contribution in [0.1, 0.15) is 45.8 Å². The Kier molecular flexibility index (Phi) is 6.72. The van der Waals surface area contributed by atoms with Gasteiger partial charge in [0.25, 0.3) is 0 Å². The normalized spacial score (nSPS) is 24.0. The highest BCUT2D eigenvalue weighted by Crippen LogP contribution is 2.34. The van der Waals surface area contributed by atoms with Crippen LogP contribution < -0.4 is 5.32 Å².